The van der Waals surface area contributed by atoms with Gasteiger partial charge in [0.2, 0.25) is 0 Å². The maximum atomic E-state index is 12.2. The van der Waals surface area contributed by atoms with Crippen molar-refractivity contribution in [2.24, 2.45) is 0 Å². The van der Waals surface area contributed by atoms with Crippen LogP contribution in [-0.4, -0.2) is 50.4 Å². The van der Waals surface area contributed by atoms with Gasteiger partial charge in [0.25, 0.3) is 0 Å². The van der Waals surface area contributed by atoms with Crippen LogP contribution in [0.15, 0.2) is 29.5 Å². The van der Waals surface area contributed by atoms with Crippen LogP contribution in [0.25, 0.3) is 0 Å². The second-order valence-electron chi connectivity index (χ2n) is 6.25. The normalized spacial score (nSPS) is 18.1. The zero-order chi connectivity index (χ0) is 20.1. The van der Waals surface area contributed by atoms with Gasteiger partial charge in [0, 0.05) is 0 Å². The third-order valence-corrected chi connectivity index (χ3v) is 4.20. The van der Waals surface area contributed by atoms with Crippen molar-refractivity contribution >= 4 is 18.0 Å². The van der Waals surface area contributed by atoms with Crippen LogP contribution < -0.4 is 20.1 Å². The fourth-order valence-electron chi connectivity index (χ4n) is 2.96. The molecule has 2 aliphatic rings. The minimum absolute atomic E-state index is 0.0143. The minimum Gasteiger partial charge on any atom is -0.486 e. The van der Waals surface area contributed by atoms with Crippen molar-refractivity contribution in [3.05, 3.63) is 35.0 Å². The number of ether oxygens (including phenoxy) is 4. The van der Waals surface area contributed by atoms with Crippen LogP contribution in [0.2, 0.25) is 0 Å². The number of fused-ring (bicyclic) bond motifs is 1. The van der Waals surface area contributed by atoms with Crippen LogP contribution in [0.5, 0.6) is 11.5 Å². The van der Waals surface area contributed by atoms with E-state index in [2.05, 4.69) is 10.6 Å². The Kier molecular flexibility index (Phi) is 6.03. The van der Waals surface area contributed by atoms with Gasteiger partial charge in [-0.15, -0.1) is 0 Å². The van der Waals surface area contributed by atoms with E-state index in [1.54, 1.807) is 32.0 Å². The largest absolute Gasteiger partial charge is 0.486 e. The van der Waals surface area contributed by atoms with Crippen molar-refractivity contribution in [1.82, 2.24) is 10.6 Å². The summed E-state index contributed by atoms with van der Waals surface area (Å²) in [5, 5.41) is 5.09. The van der Waals surface area contributed by atoms with Gasteiger partial charge in [-0.25, -0.2) is 9.59 Å². The highest BCUT2D eigenvalue weighted by Gasteiger charge is 2.30. The molecule has 0 aliphatic carbocycles. The molecule has 28 heavy (non-hydrogen) atoms. The van der Waals surface area contributed by atoms with Crippen molar-refractivity contribution < 1.29 is 33.3 Å². The molecule has 0 bridgehead atoms. The lowest BCUT2D eigenvalue weighted by Gasteiger charge is -2.26. The lowest BCUT2D eigenvalue weighted by Crippen LogP contribution is -2.50. The highest BCUT2D eigenvalue weighted by Crippen LogP contribution is 2.30. The smallest absolute Gasteiger partial charge is 0.338 e. The summed E-state index contributed by atoms with van der Waals surface area (Å²) >= 11 is 0. The van der Waals surface area contributed by atoms with Gasteiger partial charge in [-0.3, -0.25) is 4.79 Å². The van der Waals surface area contributed by atoms with Crippen molar-refractivity contribution in [3.63, 3.8) is 0 Å². The molecule has 2 aliphatic heterocycles. The Morgan fingerprint density at radius 3 is 2.68 bits per heavy atom. The van der Waals surface area contributed by atoms with E-state index in [-0.39, 0.29) is 30.9 Å². The Bertz CT molecular complexity index is 819. The molecule has 2 N–H and O–H groups in total. The van der Waals surface area contributed by atoms with E-state index in [4.69, 9.17) is 18.9 Å². The summed E-state index contributed by atoms with van der Waals surface area (Å²) in [6.45, 7) is 4.24. The molecule has 2 heterocycles. The molecule has 0 saturated carbocycles. The van der Waals surface area contributed by atoms with Crippen LogP contribution in [0.4, 0.5) is 4.79 Å². The lowest BCUT2D eigenvalue weighted by atomic mass is 10.0. The molecule has 0 aromatic heterocycles. The van der Waals surface area contributed by atoms with E-state index >= 15 is 0 Å². The van der Waals surface area contributed by atoms with E-state index in [1.165, 1.54) is 0 Å². The van der Waals surface area contributed by atoms with Gasteiger partial charge in [-0.2, -0.15) is 0 Å². The summed E-state index contributed by atoms with van der Waals surface area (Å²) in [6.07, 6.45) is 0.0143. The van der Waals surface area contributed by atoms with E-state index in [9.17, 15) is 14.4 Å². The average molecular weight is 390 g/mol. The third kappa shape index (κ3) is 4.54. The first-order chi connectivity index (χ1) is 13.5. The highest BCUT2D eigenvalue weighted by atomic mass is 16.6. The van der Waals surface area contributed by atoms with Crippen LogP contribution in [0.3, 0.4) is 0 Å². The molecular formula is C19H22N2O7. The molecule has 1 aromatic rings. The molecule has 9 nitrogen and oxygen atoms in total. The van der Waals surface area contributed by atoms with Gasteiger partial charge in [-0.1, -0.05) is 6.07 Å². The van der Waals surface area contributed by atoms with E-state index < -0.39 is 24.0 Å². The Labute approximate surface area is 162 Å². The molecular weight excluding hydrogens is 368 g/mol. The van der Waals surface area contributed by atoms with E-state index in [1.807, 2.05) is 0 Å². The third-order valence-electron chi connectivity index (χ3n) is 4.20. The molecule has 1 atom stereocenters. The lowest BCUT2D eigenvalue weighted by molar-refractivity contribution is -0.143. The number of amides is 2. The molecule has 9 heteroatoms. The van der Waals surface area contributed by atoms with Gasteiger partial charge >= 0.3 is 18.0 Å². The Morgan fingerprint density at radius 2 is 1.93 bits per heavy atom. The van der Waals surface area contributed by atoms with Gasteiger partial charge in [0.05, 0.1) is 30.3 Å². The maximum absolute atomic E-state index is 12.2. The Morgan fingerprint density at radius 1 is 1.18 bits per heavy atom. The Hall–Kier alpha value is -3.23. The first-order valence-corrected chi connectivity index (χ1v) is 8.99. The average Bonchev–Trinajstić information content (AvgIpc) is 2.66. The van der Waals surface area contributed by atoms with Crippen molar-refractivity contribution in [1.29, 1.82) is 0 Å². The summed E-state index contributed by atoms with van der Waals surface area (Å²) in [6, 6.07) is 4.20. The van der Waals surface area contributed by atoms with E-state index in [0.29, 0.717) is 30.3 Å². The zero-order valence-electron chi connectivity index (χ0n) is 15.7. The molecule has 3 rings (SSSR count). The van der Waals surface area contributed by atoms with Crippen molar-refractivity contribution in [2.45, 2.75) is 26.3 Å². The molecule has 150 valence electrons. The van der Waals surface area contributed by atoms with Crippen LogP contribution in [-0.2, 0) is 25.5 Å². The fourth-order valence-corrected chi connectivity index (χ4v) is 2.96. The number of benzene rings is 1. The van der Waals surface area contributed by atoms with Crippen molar-refractivity contribution in [3.8, 4) is 11.5 Å². The Balaban J connectivity index is 1.65. The topological polar surface area (TPSA) is 112 Å². The first kappa shape index (κ1) is 19.5. The number of nitrogens with one attached hydrogen (secondary N) is 2. The second-order valence-corrected chi connectivity index (χ2v) is 6.25. The second kappa shape index (κ2) is 8.64. The zero-order valence-corrected chi connectivity index (χ0v) is 15.7. The molecule has 0 unspecified atom stereocenters. The van der Waals surface area contributed by atoms with E-state index in [0.717, 1.165) is 0 Å². The molecule has 0 spiro atoms. The molecule has 2 amide bonds. The number of esters is 2. The van der Waals surface area contributed by atoms with Crippen molar-refractivity contribution in [2.75, 3.05) is 26.4 Å². The number of carbonyl (C=O) groups is 3. The number of rotatable bonds is 6. The number of hydrogen-bond donors (Lipinski definition) is 2. The molecule has 1 aromatic carbocycles. The van der Waals surface area contributed by atoms with Crippen LogP contribution >= 0.6 is 0 Å². The summed E-state index contributed by atoms with van der Waals surface area (Å²) in [4.78, 5) is 36.1. The quantitative estimate of drug-likeness (QED) is 0.699. The van der Waals surface area contributed by atoms with Gasteiger partial charge < -0.3 is 29.6 Å². The summed E-state index contributed by atoms with van der Waals surface area (Å²) in [5.41, 5.74) is 1.15. The van der Waals surface area contributed by atoms with Crippen LogP contribution in [0.1, 0.15) is 19.4 Å². The summed E-state index contributed by atoms with van der Waals surface area (Å²) in [7, 11) is 0. The van der Waals surface area contributed by atoms with Gasteiger partial charge in [0.15, 0.2) is 11.5 Å². The predicted octanol–water partition coefficient (Wildman–Crippen LogP) is 1.06. The summed E-state index contributed by atoms with van der Waals surface area (Å²) < 4.78 is 21.2. The van der Waals surface area contributed by atoms with Crippen LogP contribution in [0, 0.1) is 0 Å². The predicted molar refractivity (Wildman–Crippen MR) is 96.9 cm³/mol. The monoisotopic (exact) mass is 390 g/mol. The molecule has 0 radical (unpaired) electrons. The number of urea groups is 1. The minimum atomic E-state index is -0.569. The first-order valence-electron chi connectivity index (χ1n) is 8.99. The summed E-state index contributed by atoms with van der Waals surface area (Å²) in [5.74, 6) is 0.149. The molecule has 0 saturated heterocycles. The SMILES string of the molecule is CCOC(=O)C1=C(COC(=O)Cc2ccc3c(c2)OCCO3)NC(=O)N[C@@H]1C. The van der Waals surface area contributed by atoms with Gasteiger partial charge in [0.1, 0.15) is 19.8 Å². The van der Waals surface area contributed by atoms with Gasteiger partial charge in [-0.05, 0) is 31.5 Å². The maximum Gasteiger partial charge on any atom is 0.338 e. The fraction of sp³-hybridized carbons (Fsp3) is 0.421. The highest BCUT2D eigenvalue weighted by molar-refractivity contribution is 5.94. The number of hydrogen-bond acceptors (Lipinski definition) is 7. The molecule has 0 fully saturated rings. The standard InChI is InChI=1S/C19H22N2O7/c1-3-25-18(23)17-11(2)20-19(24)21-13(17)10-28-16(22)9-12-4-5-14-15(8-12)27-7-6-26-14/h4-5,8,11H,3,6-7,9-10H2,1-2H3,(H2,20,21,24)/t11-/m1/s1. The number of carbonyl (C=O) groups excluding carboxylic acids is 3.